The highest BCUT2D eigenvalue weighted by atomic mass is 79.9. The van der Waals surface area contributed by atoms with E-state index in [1.807, 2.05) is 24.4 Å². The Morgan fingerprint density at radius 2 is 1.94 bits per heavy atom. The van der Waals surface area contributed by atoms with E-state index in [9.17, 15) is 0 Å². The summed E-state index contributed by atoms with van der Waals surface area (Å²) in [6.45, 7) is 6.14. The van der Waals surface area contributed by atoms with Gasteiger partial charge in [0, 0.05) is 17.6 Å². The Kier molecular flexibility index (Phi) is 3.39. The zero-order valence-electron chi connectivity index (χ0n) is 9.44. The van der Waals surface area contributed by atoms with Crippen molar-refractivity contribution in [3.8, 4) is 0 Å². The third-order valence-corrected chi connectivity index (χ3v) is 3.07. The van der Waals surface area contributed by atoms with Crippen molar-refractivity contribution >= 4 is 32.8 Å². The number of anilines is 1. The molecule has 0 radical (unpaired) electrons. The van der Waals surface area contributed by atoms with Crippen molar-refractivity contribution in [3.63, 3.8) is 0 Å². The van der Waals surface area contributed by atoms with Crippen LogP contribution in [0.25, 0.3) is 11.0 Å². The molecule has 0 aliphatic rings. The van der Waals surface area contributed by atoms with Gasteiger partial charge in [-0.05, 0) is 32.0 Å². The van der Waals surface area contributed by atoms with E-state index in [0.717, 1.165) is 34.4 Å². The molecule has 0 spiro atoms. The van der Waals surface area contributed by atoms with Gasteiger partial charge in [0.15, 0.2) is 0 Å². The molecular weight excluding hydrogens is 266 g/mol. The number of benzene rings is 1. The molecule has 16 heavy (non-hydrogen) atoms. The Morgan fingerprint density at radius 1 is 1.19 bits per heavy atom. The number of rotatable bonds is 3. The van der Waals surface area contributed by atoms with Crippen LogP contribution in [0.15, 0.2) is 28.9 Å². The Labute approximate surface area is 104 Å². The first kappa shape index (κ1) is 11.3. The summed E-state index contributed by atoms with van der Waals surface area (Å²) >= 11 is 3.45. The lowest BCUT2D eigenvalue weighted by Crippen LogP contribution is -2.23. The average Bonchev–Trinajstić information content (AvgIpc) is 2.30. The minimum absolute atomic E-state index is 0.929. The average molecular weight is 280 g/mol. The van der Waals surface area contributed by atoms with E-state index in [2.05, 4.69) is 44.6 Å². The molecule has 0 N–H and O–H groups in total. The minimum Gasteiger partial charge on any atom is -0.356 e. The molecular formula is C12H14BrN3. The lowest BCUT2D eigenvalue weighted by Gasteiger charge is -2.19. The van der Waals surface area contributed by atoms with Crippen molar-refractivity contribution in [2.75, 3.05) is 18.0 Å². The van der Waals surface area contributed by atoms with Gasteiger partial charge in [0.1, 0.15) is 5.82 Å². The first-order valence-electron chi connectivity index (χ1n) is 5.41. The summed E-state index contributed by atoms with van der Waals surface area (Å²) in [7, 11) is 0. The van der Waals surface area contributed by atoms with E-state index in [0.29, 0.717) is 0 Å². The van der Waals surface area contributed by atoms with E-state index in [1.54, 1.807) is 0 Å². The van der Waals surface area contributed by atoms with Gasteiger partial charge in [0.05, 0.1) is 17.2 Å². The van der Waals surface area contributed by atoms with Crippen LogP contribution in [0.5, 0.6) is 0 Å². The van der Waals surface area contributed by atoms with E-state index < -0.39 is 0 Å². The highest BCUT2D eigenvalue weighted by molar-refractivity contribution is 9.10. The fraction of sp³-hybridized carbons (Fsp3) is 0.333. The second kappa shape index (κ2) is 4.78. The van der Waals surface area contributed by atoms with Gasteiger partial charge in [-0.15, -0.1) is 0 Å². The van der Waals surface area contributed by atoms with Crippen LogP contribution in [-0.4, -0.2) is 23.1 Å². The van der Waals surface area contributed by atoms with Gasteiger partial charge < -0.3 is 4.90 Å². The van der Waals surface area contributed by atoms with Crippen LogP contribution < -0.4 is 4.90 Å². The predicted octanol–water partition coefficient (Wildman–Crippen LogP) is 3.24. The number of hydrogen-bond acceptors (Lipinski definition) is 3. The Balaban J connectivity index is 2.49. The van der Waals surface area contributed by atoms with Crippen LogP contribution in [0.1, 0.15) is 13.8 Å². The molecule has 0 bridgehead atoms. The third kappa shape index (κ3) is 2.16. The fourth-order valence-corrected chi connectivity index (χ4v) is 2.02. The first-order valence-corrected chi connectivity index (χ1v) is 6.21. The number of aromatic nitrogens is 2. The summed E-state index contributed by atoms with van der Waals surface area (Å²) in [6.07, 6.45) is 1.84. The summed E-state index contributed by atoms with van der Waals surface area (Å²) in [4.78, 5) is 11.2. The Bertz CT molecular complexity index is 495. The molecule has 1 aromatic heterocycles. The van der Waals surface area contributed by atoms with E-state index >= 15 is 0 Å². The smallest absolute Gasteiger partial charge is 0.147 e. The maximum absolute atomic E-state index is 4.61. The van der Waals surface area contributed by atoms with Crippen LogP contribution in [0, 0.1) is 0 Å². The van der Waals surface area contributed by atoms with Crippen molar-refractivity contribution in [1.29, 1.82) is 0 Å². The Hall–Kier alpha value is -1.16. The second-order valence-corrected chi connectivity index (χ2v) is 4.45. The maximum Gasteiger partial charge on any atom is 0.147 e. The summed E-state index contributed by atoms with van der Waals surface area (Å²) < 4.78 is 1.03. The predicted molar refractivity (Wildman–Crippen MR) is 70.8 cm³/mol. The van der Waals surface area contributed by atoms with Crippen LogP contribution in [0.3, 0.4) is 0 Å². The normalized spacial score (nSPS) is 10.7. The molecule has 0 fully saturated rings. The second-order valence-electron chi connectivity index (χ2n) is 3.53. The molecule has 0 saturated heterocycles. The van der Waals surface area contributed by atoms with Gasteiger partial charge in [-0.3, -0.25) is 4.98 Å². The molecule has 1 aromatic carbocycles. The zero-order valence-corrected chi connectivity index (χ0v) is 11.0. The summed E-state index contributed by atoms with van der Waals surface area (Å²) in [6, 6.07) is 5.95. The molecule has 0 aliphatic heterocycles. The molecule has 1 heterocycles. The van der Waals surface area contributed by atoms with E-state index in [-0.39, 0.29) is 0 Å². The van der Waals surface area contributed by atoms with Gasteiger partial charge in [-0.25, -0.2) is 4.98 Å². The largest absolute Gasteiger partial charge is 0.356 e. The highest BCUT2D eigenvalue weighted by Crippen LogP contribution is 2.19. The molecule has 4 heteroatoms. The molecule has 2 aromatic rings. The van der Waals surface area contributed by atoms with Crippen molar-refractivity contribution in [3.05, 3.63) is 28.9 Å². The highest BCUT2D eigenvalue weighted by Gasteiger charge is 2.05. The maximum atomic E-state index is 4.61. The molecule has 0 unspecified atom stereocenters. The first-order chi connectivity index (χ1) is 7.74. The van der Waals surface area contributed by atoms with Gasteiger partial charge in [0.25, 0.3) is 0 Å². The standard InChI is InChI=1S/C12H14BrN3/c1-3-16(4-2)12-8-14-10-6-5-9(13)7-11(10)15-12/h5-8H,3-4H2,1-2H3. The number of nitrogens with zero attached hydrogens (tertiary/aromatic N) is 3. The molecule has 0 atom stereocenters. The number of fused-ring (bicyclic) bond motifs is 1. The number of hydrogen-bond donors (Lipinski definition) is 0. The Morgan fingerprint density at radius 3 is 2.62 bits per heavy atom. The number of halogens is 1. The SMILES string of the molecule is CCN(CC)c1cnc2ccc(Br)cc2n1. The summed E-state index contributed by atoms with van der Waals surface area (Å²) in [5.74, 6) is 0.940. The van der Waals surface area contributed by atoms with Crippen LogP contribution >= 0.6 is 15.9 Å². The fourth-order valence-electron chi connectivity index (χ4n) is 1.67. The van der Waals surface area contributed by atoms with Crippen LogP contribution in [0.4, 0.5) is 5.82 Å². The van der Waals surface area contributed by atoms with E-state index in [1.165, 1.54) is 0 Å². The topological polar surface area (TPSA) is 29.0 Å². The van der Waals surface area contributed by atoms with Crippen molar-refractivity contribution < 1.29 is 0 Å². The monoisotopic (exact) mass is 279 g/mol. The third-order valence-electron chi connectivity index (χ3n) is 2.58. The quantitative estimate of drug-likeness (QED) is 0.864. The lowest BCUT2D eigenvalue weighted by molar-refractivity contribution is 0.845. The van der Waals surface area contributed by atoms with E-state index in [4.69, 9.17) is 0 Å². The molecule has 3 nitrogen and oxygen atoms in total. The summed E-state index contributed by atoms with van der Waals surface area (Å²) in [5.41, 5.74) is 1.86. The van der Waals surface area contributed by atoms with Gasteiger partial charge in [-0.2, -0.15) is 0 Å². The van der Waals surface area contributed by atoms with Crippen molar-refractivity contribution in [2.45, 2.75) is 13.8 Å². The van der Waals surface area contributed by atoms with Gasteiger partial charge >= 0.3 is 0 Å². The molecule has 2 rings (SSSR count). The van der Waals surface area contributed by atoms with Crippen LogP contribution in [0.2, 0.25) is 0 Å². The van der Waals surface area contributed by atoms with Gasteiger partial charge in [-0.1, -0.05) is 15.9 Å². The molecule has 84 valence electrons. The minimum atomic E-state index is 0.929. The van der Waals surface area contributed by atoms with Crippen molar-refractivity contribution in [2.24, 2.45) is 0 Å². The molecule has 0 amide bonds. The van der Waals surface area contributed by atoms with Gasteiger partial charge in [0.2, 0.25) is 0 Å². The zero-order chi connectivity index (χ0) is 11.5. The van der Waals surface area contributed by atoms with Crippen LogP contribution in [-0.2, 0) is 0 Å². The molecule has 0 aliphatic carbocycles. The lowest BCUT2D eigenvalue weighted by atomic mass is 10.3. The van der Waals surface area contributed by atoms with Crippen molar-refractivity contribution in [1.82, 2.24) is 9.97 Å². The summed E-state index contributed by atoms with van der Waals surface area (Å²) in [5, 5.41) is 0. The molecule has 0 saturated carbocycles.